The summed E-state index contributed by atoms with van der Waals surface area (Å²) in [7, 11) is 3.17. The fourth-order valence-electron chi connectivity index (χ4n) is 10.3. The molecule has 53 heavy (non-hydrogen) atoms. The van der Waals surface area contributed by atoms with Crippen molar-refractivity contribution in [3.05, 3.63) is 35.3 Å². The Labute approximate surface area is 312 Å². The van der Waals surface area contributed by atoms with E-state index in [2.05, 4.69) is 13.0 Å². The van der Waals surface area contributed by atoms with Crippen LogP contribution in [0.3, 0.4) is 0 Å². The number of carbonyl (C=O) groups is 1. The second-order valence-corrected chi connectivity index (χ2v) is 16.5. The van der Waals surface area contributed by atoms with Crippen LogP contribution in [0.25, 0.3) is 0 Å². The quantitative estimate of drug-likeness (QED) is 0.310. The van der Waals surface area contributed by atoms with Crippen LogP contribution in [0.4, 0.5) is 0 Å². The lowest BCUT2D eigenvalue weighted by atomic mass is 9.51. The maximum absolute atomic E-state index is 13.8. The molecule has 7 rings (SSSR count). The molecule has 3 saturated heterocycles. The number of furan rings is 1. The number of aliphatic hydroxyl groups is 3. The molecule has 1 aromatic rings. The van der Waals surface area contributed by atoms with E-state index < -0.39 is 79.9 Å². The Bertz CT molecular complexity index is 1430. The fraction of sp³-hybridized carbons (Fsp3) is 0.825. The Hall–Kier alpha value is -1.75. The summed E-state index contributed by atoms with van der Waals surface area (Å²) in [5.74, 6) is 1.11. The SMILES string of the molecule is CO[C@@H]1C[C@H](O[C@H]2[C@@H](O)C[C@H](O[C@@H]3[C@@H](C)O[C@@H](O[C@@H]4CC5=CCC6C(=O)C(c7ccoc7C)CCC6C5(C)C[C@H]4O)C[C@H]3OC)O[C@@H]2C)O[C@@H](C)[C@@H]1O. The molecule has 1 aromatic heterocycles. The second kappa shape index (κ2) is 16.0. The van der Waals surface area contributed by atoms with Gasteiger partial charge in [0.25, 0.3) is 0 Å². The molecule has 13 nitrogen and oxygen atoms in total. The maximum Gasteiger partial charge on any atom is 0.161 e. The van der Waals surface area contributed by atoms with Crippen molar-refractivity contribution in [2.75, 3.05) is 14.2 Å². The van der Waals surface area contributed by atoms with Crippen LogP contribution >= 0.6 is 0 Å². The summed E-state index contributed by atoms with van der Waals surface area (Å²) in [4.78, 5) is 13.8. The summed E-state index contributed by atoms with van der Waals surface area (Å²) < 4.78 is 54.3. The summed E-state index contributed by atoms with van der Waals surface area (Å²) >= 11 is 0. The van der Waals surface area contributed by atoms with Gasteiger partial charge in [0.15, 0.2) is 18.9 Å². The van der Waals surface area contributed by atoms with Gasteiger partial charge < -0.3 is 57.6 Å². The molecule has 0 aromatic carbocycles. The van der Waals surface area contributed by atoms with Crippen molar-refractivity contribution >= 4 is 5.78 Å². The minimum Gasteiger partial charge on any atom is -0.469 e. The number of allylic oxidation sites excluding steroid dienone is 1. The van der Waals surface area contributed by atoms with Gasteiger partial charge in [-0.25, -0.2) is 0 Å². The number of Topliss-reactive ketones (excluding diaryl/α,β-unsaturated/α-hetero) is 1. The van der Waals surface area contributed by atoms with Crippen LogP contribution in [-0.4, -0.2) is 121 Å². The highest BCUT2D eigenvalue weighted by Gasteiger charge is 2.55. The van der Waals surface area contributed by atoms with Crippen LogP contribution in [0.5, 0.6) is 0 Å². The topological polar surface area (TPSA) is 165 Å². The van der Waals surface area contributed by atoms with Crippen molar-refractivity contribution < 1.29 is 62.4 Å². The van der Waals surface area contributed by atoms with Gasteiger partial charge >= 0.3 is 0 Å². The molecular weight excluding hydrogens is 688 g/mol. The van der Waals surface area contributed by atoms with Crippen LogP contribution < -0.4 is 0 Å². The molecule has 5 fully saturated rings. The molecule has 298 valence electrons. The van der Waals surface area contributed by atoms with E-state index in [1.54, 1.807) is 27.4 Å². The van der Waals surface area contributed by atoms with Gasteiger partial charge in [0.2, 0.25) is 0 Å². The monoisotopic (exact) mass is 748 g/mol. The Morgan fingerprint density at radius 3 is 2.11 bits per heavy atom. The number of rotatable bonds is 9. The molecule has 0 radical (unpaired) electrons. The van der Waals surface area contributed by atoms with E-state index >= 15 is 0 Å². The van der Waals surface area contributed by atoms with Gasteiger partial charge in [-0.1, -0.05) is 18.6 Å². The lowest BCUT2D eigenvalue weighted by Crippen LogP contribution is -2.57. The van der Waals surface area contributed by atoms with E-state index in [4.69, 9.17) is 42.3 Å². The standard InChI is InChI=1S/C40H60O13/c1-19-24(12-13-47-19)25-10-11-27-26(37(25)44)9-8-23-14-30(29(42)18-40(23,27)5)51-34-17-32(46-7)39(22(4)50-34)53-33-15-28(41)38(21(3)49-33)52-35-16-31(45-6)36(43)20(2)48-35/h8,12-13,20-22,25-36,38-39,41-43H,9-11,14-18H2,1-7H3/t20-,21+,22+,25?,26?,27?,28-,29+,30+,31+,32+,33-,34-,35-,36-,38+,39+,40?/m0/s1. The molecular formula is C40H60O13. The number of hydrogen-bond acceptors (Lipinski definition) is 13. The molecule has 18 atom stereocenters. The number of fused-ring (bicyclic) bond motifs is 3. The first-order valence-electron chi connectivity index (χ1n) is 19.6. The van der Waals surface area contributed by atoms with E-state index in [0.717, 1.165) is 24.2 Å². The number of hydrogen-bond donors (Lipinski definition) is 3. The second-order valence-electron chi connectivity index (χ2n) is 16.5. The van der Waals surface area contributed by atoms with Crippen LogP contribution in [0.1, 0.15) is 96.3 Å². The molecule has 6 aliphatic rings. The van der Waals surface area contributed by atoms with Gasteiger partial charge in [-0.2, -0.15) is 0 Å². The Morgan fingerprint density at radius 2 is 1.43 bits per heavy atom. The highest BCUT2D eigenvalue weighted by Crippen LogP contribution is 2.58. The number of methoxy groups -OCH3 is 2. The van der Waals surface area contributed by atoms with Gasteiger partial charge in [0.05, 0.1) is 55.1 Å². The first kappa shape index (κ1) is 39.5. The van der Waals surface area contributed by atoms with Gasteiger partial charge in [-0.15, -0.1) is 0 Å². The van der Waals surface area contributed by atoms with Crippen molar-refractivity contribution in [2.24, 2.45) is 17.3 Å². The Kier molecular flexibility index (Phi) is 11.9. The Balaban J connectivity index is 0.932. The van der Waals surface area contributed by atoms with Crippen LogP contribution in [0.2, 0.25) is 0 Å². The lowest BCUT2D eigenvalue weighted by Gasteiger charge is -2.54. The zero-order valence-corrected chi connectivity index (χ0v) is 32.1. The van der Waals surface area contributed by atoms with Crippen molar-refractivity contribution in [3.63, 3.8) is 0 Å². The van der Waals surface area contributed by atoms with Crippen LogP contribution in [0.15, 0.2) is 28.4 Å². The average molecular weight is 749 g/mol. The number of ketones is 1. The predicted molar refractivity (Wildman–Crippen MR) is 189 cm³/mol. The van der Waals surface area contributed by atoms with Crippen LogP contribution in [0, 0.1) is 24.2 Å². The third-order valence-electron chi connectivity index (χ3n) is 13.4. The number of aryl methyl sites for hydroxylation is 1. The van der Waals surface area contributed by atoms with Crippen LogP contribution in [-0.2, 0) is 42.7 Å². The molecule has 0 amide bonds. The fourth-order valence-corrected chi connectivity index (χ4v) is 10.3. The molecule has 13 heteroatoms. The van der Waals surface area contributed by atoms with Gasteiger partial charge in [-0.3, -0.25) is 4.79 Å². The molecule has 4 unspecified atom stereocenters. The summed E-state index contributed by atoms with van der Waals surface area (Å²) in [6.07, 6.45) is 0.130. The molecule has 0 spiro atoms. The zero-order chi connectivity index (χ0) is 37.8. The van der Waals surface area contributed by atoms with E-state index in [0.29, 0.717) is 37.9 Å². The minimum atomic E-state index is -0.885. The van der Waals surface area contributed by atoms with E-state index in [1.165, 1.54) is 5.57 Å². The molecule has 4 heterocycles. The third-order valence-corrected chi connectivity index (χ3v) is 13.4. The Morgan fingerprint density at radius 1 is 0.792 bits per heavy atom. The minimum absolute atomic E-state index is 0.0626. The summed E-state index contributed by atoms with van der Waals surface area (Å²) in [5.41, 5.74) is 2.00. The van der Waals surface area contributed by atoms with Gasteiger partial charge in [-0.05, 0) is 77.2 Å². The predicted octanol–water partition coefficient (Wildman–Crippen LogP) is 4.07. The highest BCUT2D eigenvalue weighted by molar-refractivity contribution is 5.89. The molecule has 3 aliphatic carbocycles. The summed E-state index contributed by atoms with van der Waals surface area (Å²) in [6, 6.07) is 1.94. The lowest BCUT2D eigenvalue weighted by molar-refractivity contribution is -0.338. The molecule has 2 saturated carbocycles. The molecule has 0 bridgehead atoms. The van der Waals surface area contributed by atoms with Crippen molar-refractivity contribution in [2.45, 2.75) is 178 Å². The van der Waals surface area contributed by atoms with Crippen molar-refractivity contribution in [3.8, 4) is 0 Å². The first-order chi connectivity index (χ1) is 25.3. The molecule has 3 N–H and O–H groups in total. The smallest absolute Gasteiger partial charge is 0.161 e. The van der Waals surface area contributed by atoms with E-state index in [9.17, 15) is 20.1 Å². The average Bonchev–Trinajstić information content (AvgIpc) is 3.54. The van der Waals surface area contributed by atoms with Crippen molar-refractivity contribution in [1.82, 2.24) is 0 Å². The number of aliphatic hydroxyl groups excluding tert-OH is 3. The number of ether oxygens (including phenoxy) is 8. The van der Waals surface area contributed by atoms with E-state index in [1.807, 2.05) is 26.8 Å². The van der Waals surface area contributed by atoms with E-state index in [-0.39, 0.29) is 35.7 Å². The first-order valence-corrected chi connectivity index (χ1v) is 19.6. The molecule has 3 aliphatic heterocycles. The third kappa shape index (κ3) is 7.70. The summed E-state index contributed by atoms with van der Waals surface area (Å²) in [6.45, 7) is 9.63. The van der Waals surface area contributed by atoms with Gasteiger partial charge in [0.1, 0.15) is 29.9 Å². The van der Waals surface area contributed by atoms with Gasteiger partial charge in [0, 0.05) is 50.9 Å². The highest BCUT2D eigenvalue weighted by atomic mass is 16.7. The zero-order valence-electron chi connectivity index (χ0n) is 32.1. The summed E-state index contributed by atoms with van der Waals surface area (Å²) in [5, 5.41) is 33.0. The number of carbonyl (C=O) groups excluding carboxylic acids is 1. The van der Waals surface area contributed by atoms with Crippen molar-refractivity contribution in [1.29, 1.82) is 0 Å². The largest absolute Gasteiger partial charge is 0.469 e. The maximum atomic E-state index is 13.8. The normalized spacial score (nSPS) is 47.8.